The van der Waals surface area contributed by atoms with Crippen molar-refractivity contribution in [2.24, 2.45) is 11.7 Å². The molecule has 2 heteroatoms. The van der Waals surface area contributed by atoms with Crippen LogP contribution in [0.4, 0.5) is 4.39 Å². The maximum absolute atomic E-state index is 13.0. The molecule has 1 aliphatic carbocycles. The van der Waals surface area contributed by atoms with Gasteiger partial charge in [-0.3, -0.25) is 0 Å². The van der Waals surface area contributed by atoms with Gasteiger partial charge in [-0.25, -0.2) is 4.39 Å². The average Bonchev–Trinajstić information content (AvgIpc) is 2.15. The Morgan fingerprint density at radius 2 is 2.20 bits per heavy atom. The van der Waals surface area contributed by atoms with Gasteiger partial charge in [-0.05, 0) is 36.5 Å². The molecule has 0 aliphatic heterocycles. The van der Waals surface area contributed by atoms with Gasteiger partial charge in [-0.1, -0.05) is 31.9 Å². The van der Waals surface area contributed by atoms with Crippen molar-refractivity contribution >= 4 is 0 Å². The summed E-state index contributed by atoms with van der Waals surface area (Å²) in [4.78, 5) is 0. The third-order valence-electron chi connectivity index (χ3n) is 3.40. The van der Waals surface area contributed by atoms with E-state index in [1.54, 1.807) is 12.1 Å². The highest BCUT2D eigenvalue weighted by atomic mass is 19.1. The van der Waals surface area contributed by atoms with E-state index >= 15 is 0 Å². The van der Waals surface area contributed by atoms with Crippen molar-refractivity contribution in [2.45, 2.75) is 38.1 Å². The van der Waals surface area contributed by atoms with Crippen molar-refractivity contribution in [3.63, 3.8) is 0 Å². The topological polar surface area (TPSA) is 26.0 Å². The first-order chi connectivity index (χ1) is 7.14. The number of halogens is 1. The molecule has 82 valence electrons. The third-order valence-corrected chi connectivity index (χ3v) is 3.40. The molecule has 0 aromatic heterocycles. The van der Waals surface area contributed by atoms with E-state index in [1.807, 2.05) is 6.07 Å². The summed E-state index contributed by atoms with van der Waals surface area (Å²) in [6, 6.07) is 6.72. The molecule has 0 amide bonds. The number of hydrogen-bond acceptors (Lipinski definition) is 1. The maximum atomic E-state index is 13.0. The van der Waals surface area contributed by atoms with Gasteiger partial charge in [0.15, 0.2) is 0 Å². The molecule has 15 heavy (non-hydrogen) atoms. The Kier molecular flexibility index (Phi) is 2.79. The van der Waals surface area contributed by atoms with E-state index in [1.165, 1.54) is 18.9 Å². The lowest BCUT2D eigenvalue weighted by Gasteiger charge is -2.45. The molecule has 1 fully saturated rings. The van der Waals surface area contributed by atoms with Gasteiger partial charge in [-0.2, -0.15) is 0 Å². The lowest BCUT2D eigenvalue weighted by Crippen LogP contribution is -2.48. The van der Waals surface area contributed by atoms with Crippen molar-refractivity contribution in [3.05, 3.63) is 35.6 Å². The van der Waals surface area contributed by atoms with E-state index in [2.05, 4.69) is 6.92 Å². The summed E-state index contributed by atoms with van der Waals surface area (Å²) in [5, 5.41) is 0. The van der Waals surface area contributed by atoms with E-state index in [9.17, 15) is 4.39 Å². The summed E-state index contributed by atoms with van der Waals surface area (Å²) < 4.78 is 13.0. The predicted octanol–water partition coefficient (Wildman–Crippen LogP) is 3.19. The average molecular weight is 207 g/mol. The minimum Gasteiger partial charge on any atom is -0.321 e. The molecule has 1 nitrogen and oxygen atoms in total. The highest BCUT2D eigenvalue weighted by molar-refractivity contribution is 5.27. The predicted molar refractivity (Wildman–Crippen MR) is 59.9 cm³/mol. The van der Waals surface area contributed by atoms with E-state index in [0.29, 0.717) is 0 Å². The monoisotopic (exact) mass is 207 g/mol. The minimum absolute atomic E-state index is 0.184. The fraction of sp³-hybridized carbons (Fsp3) is 0.538. The third kappa shape index (κ3) is 2.05. The molecular weight excluding hydrogens is 189 g/mol. The van der Waals surface area contributed by atoms with E-state index in [0.717, 1.165) is 24.3 Å². The van der Waals surface area contributed by atoms with Crippen LogP contribution in [0.5, 0.6) is 0 Å². The van der Waals surface area contributed by atoms with Gasteiger partial charge in [0.25, 0.3) is 0 Å². The van der Waals surface area contributed by atoms with Crippen LogP contribution >= 0.6 is 0 Å². The lowest BCUT2D eigenvalue weighted by molar-refractivity contribution is 0.137. The highest BCUT2D eigenvalue weighted by Gasteiger charge is 2.41. The molecule has 0 bridgehead atoms. The second kappa shape index (κ2) is 3.93. The summed E-state index contributed by atoms with van der Waals surface area (Å²) >= 11 is 0. The maximum Gasteiger partial charge on any atom is 0.123 e. The molecule has 2 N–H and O–H groups in total. The van der Waals surface area contributed by atoms with E-state index in [4.69, 9.17) is 5.73 Å². The molecule has 1 aromatic carbocycles. The van der Waals surface area contributed by atoms with Crippen LogP contribution in [0.25, 0.3) is 0 Å². The van der Waals surface area contributed by atoms with E-state index in [-0.39, 0.29) is 11.4 Å². The van der Waals surface area contributed by atoms with Gasteiger partial charge in [0.2, 0.25) is 0 Å². The van der Waals surface area contributed by atoms with Crippen LogP contribution in [0.1, 0.15) is 38.2 Å². The molecule has 0 heterocycles. The largest absolute Gasteiger partial charge is 0.321 e. The smallest absolute Gasteiger partial charge is 0.123 e. The number of benzene rings is 1. The van der Waals surface area contributed by atoms with Crippen LogP contribution in [0.3, 0.4) is 0 Å². The first kappa shape index (κ1) is 10.6. The highest BCUT2D eigenvalue weighted by Crippen LogP contribution is 2.45. The summed E-state index contributed by atoms with van der Waals surface area (Å²) in [5.41, 5.74) is 6.94. The molecule has 2 rings (SSSR count). The van der Waals surface area contributed by atoms with E-state index < -0.39 is 0 Å². The summed E-state index contributed by atoms with van der Waals surface area (Å²) in [5.74, 6) is 0.555. The molecule has 0 spiro atoms. The van der Waals surface area contributed by atoms with Crippen LogP contribution in [0, 0.1) is 11.7 Å². The standard InChI is InChI=1S/C13H18FN/c1-2-4-10-8-13(15,9-10)11-5-3-6-12(14)7-11/h3,5-7,10H,2,4,8-9,15H2,1H3. The summed E-state index contributed by atoms with van der Waals surface area (Å²) in [6.45, 7) is 2.19. The Balaban J connectivity index is 2.06. The molecular formula is C13H18FN. The first-order valence-electron chi connectivity index (χ1n) is 5.69. The molecule has 1 aliphatic rings. The van der Waals surface area contributed by atoms with Gasteiger partial charge in [-0.15, -0.1) is 0 Å². The fourth-order valence-electron chi connectivity index (χ4n) is 2.62. The summed E-state index contributed by atoms with van der Waals surface area (Å²) in [7, 11) is 0. The second-order valence-electron chi connectivity index (χ2n) is 4.73. The van der Waals surface area contributed by atoms with Gasteiger partial charge >= 0.3 is 0 Å². The Bertz CT molecular complexity index is 342. The van der Waals surface area contributed by atoms with Crippen molar-refractivity contribution in [1.82, 2.24) is 0 Å². The second-order valence-corrected chi connectivity index (χ2v) is 4.73. The number of nitrogens with two attached hydrogens (primary N) is 1. The fourth-order valence-corrected chi connectivity index (χ4v) is 2.62. The minimum atomic E-state index is -0.262. The normalized spacial score (nSPS) is 29.9. The van der Waals surface area contributed by atoms with Crippen molar-refractivity contribution in [1.29, 1.82) is 0 Å². The zero-order chi connectivity index (χ0) is 10.9. The Morgan fingerprint density at radius 3 is 2.80 bits per heavy atom. The van der Waals surface area contributed by atoms with Gasteiger partial charge in [0.1, 0.15) is 5.82 Å². The lowest BCUT2D eigenvalue weighted by atomic mass is 9.64. The Labute approximate surface area is 90.5 Å². The zero-order valence-electron chi connectivity index (χ0n) is 9.17. The first-order valence-corrected chi connectivity index (χ1v) is 5.69. The summed E-state index contributed by atoms with van der Waals surface area (Å²) in [6.07, 6.45) is 4.47. The van der Waals surface area contributed by atoms with Crippen LogP contribution in [-0.2, 0) is 5.54 Å². The quantitative estimate of drug-likeness (QED) is 0.809. The molecule has 1 saturated carbocycles. The van der Waals surface area contributed by atoms with Crippen LogP contribution in [0.15, 0.2) is 24.3 Å². The Morgan fingerprint density at radius 1 is 1.47 bits per heavy atom. The zero-order valence-corrected chi connectivity index (χ0v) is 9.17. The molecule has 0 saturated heterocycles. The number of hydrogen-bond donors (Lipinski definition) is 1. The van der Waals surface area contributed by atoms with Gasteiger partial charge < -0.3 is 5.73 Å². The molecule has 0 atom stereocenters. The van der Waals surface area contributed by atoms with Crippen molar-refractivity contribution in [2.75, 3.05) is 0 Å². The molecule has 0 radical (unpaired) electrons. The Hall–Kier alpha value is -0.890. The van der Waals surface area contributed by atoms with Crippen LogP contribution < -0.4 is 5.73 Å². The van der Waals surface area contributed by atoms with Gasteiger partial charge in [0, 0.05) is 5.54 Å². The molecule has 0 unspecified atom stereocenters. The van der Waals surface area contributed by atoms with Crippen LogP contribution in [-0.4, -0.2) is 0 Å². The van der Waals surface area contributed by atoms with Crippen molar-refractivity contribution < 1.29 is 4.39 Å². The number of rotatable bonds is 3. The van der Waals surface area contributed by atoms with Crippen molar-refractivity contribution in [3.8, 4) is 0 Å². The van der Waals surface area contributed by atoms with Crippen LogP contribution in [0.2, 0.25) is 0 Å². The van der Waals surface area contributed by atoms with Gasteiger partial charge in [0.05, 0.1) is 0 Å². The SMILES string of the molecule is CCCC1CC(N)(c2cccc(F)c2)C1. The molecule has 1 aromatic rings.